The van der Waals surface area contributed by atoms with Gasteiger partial charge in [-0.1, -0.05) is 17.7 Å². The molecule has 7 nitrogen and oxygen atoms in total. The summed E-state index contributed by atoms with van der Waals surface area (Å²) in [4.78, 5) is 19.6. The fourth-order valence-electron chi connectivity index (χ4n) is 3.76. The Hall–Kier alpha value is -2.75. The maximum atomic E-state index is 13.0. The molecule has 0 spiro atoms. The molecule has 1 aliphatic heterocycles. The zero-order valence-corrected chi connectivity index (χ0v) is 20.4. The van der Waals surface area contributed by atoms with Crippen molar-refractivity contribution in [3.8, 4) is 16.3 Å². The Bertz CT molecular complexity index is 1210. The SMILES string of the molecule is COc1ccc(-c2nc(CC(=O)N3CCCN(S(=O)(=O)c4ccc(C)cc4)CC3)cs2)cc1. The number of hydrogen-bond acceptors (Lipinski definition) is 6. The van der Waals surface area contributed by atoms with Crippen molar-refractivity contribution in [2.75, 3.05) is 33.3 Å². The van der Waals surface area contributed by atoms with Crippen molar-refractivity contribution in [2.24, 2.45) is 0 Å². The van der Waals surface area contributed by atoms with Crippen molar-refractivity contribution in [3.05, 3.63) is 65.2 Å². The van der Waals surface area contributed by atoms with Crippen LogP contribution in [0.3, 0.4) is 0 Å². The number of benzene rings is 2. The fraction of sp³-hybridized carbons (Fsp3) is 0.333. The fourth-order valence-corrected chi connectivity index (χ4v) is 6.06. The minimum absolute atomic E-state index is 0.0313. The number of rotatable bonds is 6. The van der Waals surface area contributed by atoms with Gasteiger partial charge in [0.25, 0.3) is 0 Å². The molecule has 9 heteroatoms. The number of amides is 1. The van der Waals surface area contributed by atoms with Crippen LogP contribution in [0.2, 0.25) is 0 Å². The summed E-state index contributed by atoms with van der Waals surface area (Å²) in [5.41, 5.74) is 2.72. The summed E-state index contributed by atoms with van der Waals surface area (Å²) in [6.07, 6.45) is 0.808. The normalized spacial score (nSPS) is 15.3. The third-order valence-corrected chi connectivity index (χ3v) is 8.54. The molecular formula is C24H27N3O4S2. The Balaban J connectivity index is 1.38. The van der Waals surface area contributed by atoms with E-state index in [0.29, 0.717) is 31.0 Å². The number of nitrogens with zero attached hydrogens (tertiary/aromatic N) is 3. The lowest BCUT2D eigenvalue weighted by atomic mass is 10.2. The monoisotopic (exact) mass is 485 g/mol. The summed E-state index contributed by atoms with van der Waals surface area (Å²) < 4.78 is 32.7. The summed E-state index contributed by atoms with van der Waals surface area (Å²) in [5.74, 6) is 0.751. The molecule has 1 aromatic heterocycles. The van der Waals surface area contributed by atoms with Crippen LogP contribution in [0.15, 0.2) is 58.8 Å². The Morgan fingerprint density at radius 3 is 2.45 bits per heavy atom. The van der Waals surface area contributed by atoms with E-state index in [4.69, 9.17) is 4.74 Å². The van der Waals surface area contributed by atoms with E-state index in [0.717, 1.165) is 27.6 Å². The van der Waals surface area contributed by atoms with Crippen molar-refractivity contribution >= 4 is 27.3 Å². The Morgan fingerprint density at radius 1 is 1.03 bits per heavy atom. The predicted octanol–water partition coefficient (Wildman–Crippen LogP) is 3.59. The smallest absolute Gasteiger partial charge is 0.243 e. The van der Waals surface area contributed by atoms with Crippen molar-refractivity contribution < 1.29 is 17.9 Å². The lowest BCUT2D eigenvalue weighted by Crippen LogP contribution is -2.38. The molecule has 1 saturated heterocycles. The topological polar surface area (TPSA) is 79.8 Å². The van der Waals surface area contributed by atoms with Gasteiger partial charge in [0, 0.05) is 37.1 Å². The van der Waals surface area contributed by atoms with E-state index in [1.165, 1.54) is 15.6 Å². The van der Waals surface area contributed by atoms with Gasteiger partial charge in [-0.2, -0.15) is 4.31 Å². The highest BCUT2D eigenvalue weighted by Crippen LogP contribution is 2.26. The summed E-state index contributed by atoms with van der Waals surface area (Å²) in [6, 6.07) is 14.5. The Kier molecular flexibility index (Phi) is 7.11. The molecule has 4 rings (SSSR count). The maximum Gasteiger partial charge on any atom is 0.243 e. The average molecular weight is 486 g/mol. The molecule has 174 valence electrons. The first-order chi connectivity index (χ1) is 15.9. The van der Waals surface area contributed by atoms with Crippen LogP contribution in [0.25, 0.3) is 10.6 Å². The molecular weight excluding hydrogens is 458 g/mol. The lowest BCUT2D eigenvalue weighted by molar-refractivity contribution is -0.130. The van der Waals surface area contributed by atoms with Crippen LogP contribution < -0.4 is 4.74 Å². The van der Waals surface area contributed by atoms with E-state index < -0.39 is 10.0 Å². The molecule has 0 aliphatic carbocycles. The van der Waals surface area contributed by atoms with Gasteiger partial charge in [0.05, 0.1) is 24.1 Å². The second kappa shape index (κ2) is 10.0. The number of carbonyl (C=O) groups excluding carboxylic acids is 1. The highest BCUT2D eigenvalue weighted by Gasteiger charge is 2.28. The van der Waals surface area contributed by atoms with Gasteiger partial charge in [0.15, 0.2) is 0 Å². The van der Waals surface area contributed by atoms with Crippen LogP contribution >= 0.6 is 11.3 Å². The van der Waals surface area contributed by atoms with Gasteiger partial charge in [-0.15, -0.1) is 11.3 Å². The number of sulfonamides is 1. The third-order valence-electron chi connectivity index (χ3n) is 5.69. The van der Waals surface area contributed by atoms with E-state index in [9.17, 15) is 13.2 Å². The lowest BCUT2D eigenvalue weighted by Gasteiger charge is -2.22. The summed E-state index contributed by atoms with van der Waals surface area (Å²) in [7, 11) is -1.94. The molecule has 3 aromatic rings. The van der Waals surface area contributed by atoms with Crippen molar-refractivity contribution in [1.82, 2.24) is 14.2 Å². The van der Waals surface area contributed by atoms with Gasteiger partial charge in [0.2, 0.25) is 15.9 Å². The van der Waals surface area contributed by atoms with E-state index in [1.54, 1.807) is 36.3 Å². The molecule has 2 heterocycles. The molecule has 0 N–H and O–H groups in total. The van der Waals surface area contributed by atoms with Gasteiger partial charge in [0.1, 0.15) is 10.8 Å². The number of carbonyl (C=O) groups is 1. The number of hydrogen-bond donors (Lipinski definition) is 0. The first-order valence-electron chi connectivity index (χ1n) is 10.8. The van der Waals surface area contributed by atoms with E-state index in [-0.39, 0.29) is 18.9 Å². The second-order valence-corrected chi connectivity index (χ2v) is 10.8. The first kappa shape index (κ1) is 23.4. The molecule has 2 aromatic carbocycles. The minimum Gasteiger partial charge on any atom is -0.497 e. The number of aryl methyl sites for hydroxylation is 1. The van der Waals surface area contributed by atoms with Gasteiger partial charge >= 0.3 is 0 Å². The molecule has 1 fully saturated rings. The summed E-state index contributed by atoms with van der Waals surface area (Å²) in [5, 5.41) is 2.76. The van der Waals surface area contributed by atoms with E-state index in [1.807, 2.05) is 36.6 Å². The van der Waals surface area contributed by atoms with E-state index in [2.05, 4.69) is 4.98 Å². The van der Waals surface area contributed by atoms with Gasteiger partial charge in [-0.25, -0.2) is 13.4 Å². The van der Waals surface area contributed by atoms with Crippen LogP contribution in [-0.2, 0) is 21.2 Å². The molecule has 0 unspecified atom stereocenters. The number of thiazole rings is 1. The van der Waals surface area contributed by atoms with Crippen LogP contribution in [0.5, 0.6) is 5.75 Å². The van der Waals surface area contributed by atoms with Crippen molar-refractivity contribution in [2.45, 2.75) is 24.7 Å². The molecule has 0 bridgehead atoms. The number of methoxy groups -OCH3 is 1. The molecule has 0 saturated carbocycles. The van der Waals surface area contributed by atoms with Crippen LogP contribution in [0, 0.1) is 6.92 Å². The molecule has 0 atom stereocenters. The van der Waals surface area contributed by atoms with Crippen LogP contribution in [0.1, 0.15) is 17.7 Å². The minimum atomic E-state index is -3.57. The Labute approximate surface area is 198 Å². The van der Waals surface area contributed by atoms with Gasteiger partial charge in [-0.05, 0) is 49.7 Å². The average Bonchev–Trinajstić information content (AvgIpc) is 3.12. The number of aromatic nitrogens is 1. The highest BCUT2D eigenvalue weighted by molar-refractivity contribution is 7.89. The predicted molar refractivity (Wildman–Crippen MR) is 129 cm³/mol. The highest BCUT2D eigenvalue weighted by atomic mass is 32.2. The van der Waals surface area contributed by atoms with Crippen molar-refractivity contribution in [1.29, 1.82) is 0 Å². The number of ether oxygens (including phenoxy) is 1. The molecule has 0 radical (unpaired) electrons. The van der Waals surface area contributed by atoms with Crippen LogP contribution in [-0.4, -0.2) is 61.8 Å². The summed E-state index contributed by atoms with van der Waals surface area (Å²) >= 11 is 1.50. The Morgan fingerprint density at radius 2 is 1.76 bits per heavy atom. The quantitative estimate of drug-likeness (QED) is 0.533. The second-order valence-electron chi connectivity index (χ2n) is 8.00. The molecule has 1 amide bonds. The van der Waals surface area contributed by atoms with Gasteiger partial charge in [-0.3, -0.25) is 4.79 Å². The molecule has 33 heavy (non-hydrogen) atoms. The van der Waals surface area contributed by atoms with E-state index >= 15 is 0 Å². The zero-order valence-electron chi connectivity index (χ0n) is 18.7. The van der Waals surface area contributed by atoms with Crippen LogP contribution in [0.4, 0.5) is 0 Å². The third kappa shape index (κ3) is 5.43. The molecule has 1 aliphatic rings. The van der Waals surface area contributed by atoms with Crippen molar-refractivity contribution in [3.63, 3.8) is 0 Å². The zero-order chi connectivity index (χ0) is 23.4. The standard InChI is InChI=1S/C24H27N3O4S2/c1-18-4-10-22(11-5-18)33(29,30)27-13-3-12-26(14-15-27)23(28)16-20-17-32-24(25-20)19-6-8-21(31-2)9-7-19/h4-11,17H,3,12-16H2,1-2H3. The van der Waals surface area contributed by atoms with Gasteiger partial charge < -0.3 is 9.64 Å². The maximum absolute atomic E-state index is 13.0. The summed E-state index contributed by atoms with van der Waals surface area (Å²) in [6.45, 7) is 3.52. The largest absolute Gasteiger partial charge is 0.497 e. The first-order valence-corrected chi connectivity index (χ1v) is 13.1.